The molecule has 3 heterocycles. The topological polar surface area (TPSA) is 87.4 Å². The zero-order chi connectivity index (χ0) is 28.6. The van der Waals surface area contributed by atoms with E-state index in [4.69, 9.17) is 9.97 Å². The van der Waals surface area contributed by atoms with Gasteiger partial charge in [0.25, 0.3) is 0 Å². The van der Waals surface area contributed by atoms with E-state index in [-0.39, 0.29) is 24.4 Å². The number of aromatic nitrogens is 4. The summed E-state index contributed by atoms with van der Waals surface area (Å²) in [4.78, 5) is 9.63. The first-order valence-corrected chi connectivity index (χ1v) is 14.6. The molecule has 1 atom stereocenters. The lowest BCUT2D eigenvalue weighted by atomic mass is 10.1. The van der Waals surface area contributed by atoms with Crippen LogP contribution < -0.4 is 10.6 Å². The van der Waals surface area contributed by atoms with E-state index in [0.29, 0.717) is 23.7 Å². The maximum atomic E-state index is 14.2. The molecule has 214 valence electrons. The van der Waals surface area contributed by atoms with E-state index in [2.05, 4.69) is 53.8 Å². The molecule has 0 spiro atoms. The average Bonchev–Trinajstić information content (AvgIpc) is 3.42. The van der Waals surface area contributed by atoms with Gasteiger partial charge in [-0.3, -0.25) is 4.98 Å². The number of halogens is 1. The number of unbranched alkanes of at least 4 members (excludes halogenated alkanes) is 3. The minimum Gasteiger partial charge on any atom is -0.394 e. The van der Waals surface area contributed by atoms with Gasteiger partial charge in [0.1, 0.15) is 17.5 Å². The number of fused-ring (bicyclic) bond motifs is 2. The van der Waals surface area contributed by atoms with Crippen LogP contribution in [0.5, 0.6) is 0 Å². The van der Waals surface area contributed by atoms with Gasteiger partial charge in [0, 0.05) is 34.8 Å². The fraction of sp³-hybridized carbons (Fsp3) is 0.364. The van der Waals surface area contributed by atoms with Crippen molar-refractivity contribution in [1.82, 2.24) is 19.6 Å². The predicted octanol–water partition coefficient (Wildman–Crippen LogP) is 7.12. The number of aryl methyl sites for hydroxylation is 1. The zero-order valence-corrected chi connectivity index (χ0v) is 23.9. The zero-order valence-electron chi connectivity index (χ0n) is 23.9. The first kappa shape index (κ1) is 28.5. The Balaban J connectivity index is 1.17. The first-order valence-electron chi connectivity index (χ1n) is 14.6. The van der Waals surface area contributed by atoms with Gasteiger partial charge >= 0.3 is 0 Å². The Kier molecular flexibility index (Phi) is 9.41. The van der Waals surface area contributed by atoms with Crippen molar-refractivity contribution in [3.8, 4) is 0 Å². The maximum absolute atomic E-state index is 14.2. The molecule has 0 unspecified atom stereocenters. The fourth-order valence-corrected chi connectivity index (χ4v) is 5.13. The molecule has 41 heavy (non-hydrogen) atoms. The van der Waals surface area contributed by atoms with E-state index in [0.717, 1.165) is 60.9 Å². The Morgan fingerprint density at radius 2 is 1.73 bits per heavy atom. The molecule has 3 N–H and O–H groups in total. The minimum absolute atomic E-state index is 0.0160. The van der Waals surface area contributed by atoms with E-state index in [9.17, 15) is 9.50 Å². The number of nitrogens with zero attached hydrogens (tertiary/aromatic N) is 4. The normalized spacial score (nSPS) is 12.3. The molecule has 5 rings (SSSR count). The molecule has 0 aliphatic rings. The summed E-state index contributed by atoms with van der Waals surface area (Å²) >= 11 is 0. The van der Waals surface area contributed by atoms with E-state index in [1.165, 1.54) is 11.5 Å². The quantitative estimate of drug-likeness (QED) is 0.127. The second-order valence-corrected chi connectivity index (χ2v) is 10.9. The summed E-state index contributed by atoms with van der Waals surface area (Å²) in [5.41, 5.74) is 4.55. The second kappa shape index (κ2) is 13.5. The molecule has 7 nitrogen and oxygen atoms in total. The summed E-state index contributed by atoms with van der Waals surface area (Å²) in [5, 5.41) is 22.6. The summed E-state index contributed by atoms with van der Waals surface area (Å²) in [6.45, 7) is 4.55. The Bertz CT molecular complexity index is 1580. The molecule has 0 aliphatic carbocycles. The van der Waals surface area contributed by atoms with Crippen LogP contribution in [-0.2, 0) is 13.0 Å². The number of nitrogens with one attached hydrogen (secondary N) is 2. The van der Waals surface area contributed by atoms with Gasteiger partial charge in [-0.15, -0.1) is 0 Å². The molecule has 0 bridgehead atoms. The first-order chi connectivity index (χ1) is 20.0. The van der Waals surface area contributed by atoms with Crippen LogP contribution in [0.4, 0.5) is 16.0 Å². The largest absolute Gasteiger partial charge is 0.394 e. The molecule has 0 fully saturated rings. The van der Waals surface area contributed by atoms with Crippen LogP contribution >= 0.6 is 0 Å². The monoisotopic (exact) mass is 554 g/mol. The molecule has 2 aromatic carbocycles. The van der Waals surface area contributed by atoms with Gasteiger partial charge in [0.2, 0.25) is 0 Å². The minimum atomic E-state index is -0.249. The highest BCUT2D eigenvalue weighted by Crippen LogP contribution is 2.25. The van der Waals surface area contributed by atoms with Crippen molar-refractivity contribution in [1.29, 1.82) is 0 Å². The SMILES string of the molecule is CC(C)c1cnn2c(NCc3ccccc3F)cc(N[C@@H](CO)CCCCCCc3ccc4ccccc4n3)nc12. The number of para-hydroxylation sites is 1. The van der Waals surface area contributed by atoms with Crippen molar-refractivity contribution >= 4 is 28.2 Å². The van der Waals surface area contributed by atoms with Crippen molar-refractivity contribution < 1.29 is 9.50 Å². The lowest BCUT2D eigenvalue weighted by Gasteiger charge is -2.19. The lowest BCUT2D eigenvalue weighted by molar-refractivity contribution is 0.266. The summed E-state index contributed by atoms with van der Waals surface area (Å²) in [7, 11) is 0. The van der Waals surface area contributed by atoms with Gasteiger partial charge in [-0.1, -0.05) is 75.6 Å². The van der Waals surface area contributed by atoms with Gasteiger partial charge < -0.3 is 15.7 Å². The van der Waals surface area contributed by atoms with Gasteiger partial charge in [-0.25, -0.2) is 9.37 Å². The van der Waals surface area contributed by atoms with Crippen LogP contribution in [0.1, 0.15) is 68.7 Å². The number of hydrogen-bond donors (Lipinski definition) is 3. The Morgan fingerprint density at radius 3 is 2.56 bits per heavy atom. The fourth-order valence-electron chi connectivity index (χ4n) is 5.13. The van der Waals surface area contributed by atoms with Crippen LogP contribution in [0.25, 0.3) is 16.6 Å². The maximum Gasteiger partial charge on any atom is 0.163 e. The Labute approximate surface area is 240 Å². The summed E-state index contributed by atoms with van der Waals surface area (Å²) < 4.78 is 16.0. The summed E-state index contributed by atoms with van der Waals surface area (Å²) in [6.07, 6.45) is 7.96. The molecular formula is C33H39FN6O. The van der Waals surface area contributed by atoms with Gasteiger partial charge in [-0.2, -0.15) is 9.61 Å². The van der Waals surface area contributed by atoms with E-state index < -0.39 is 0 Å². The van der Waals surface area contributed by atoms with Crippen LogP contribution in [0.15, 0.2) is 72.9 Å². The van der Waals surface area contributed by atoms with Gasteiger partial charge in [-0.05, 0) is 43.4 Å². The van der Waals surface area contributed by atoms with Crippen molar-refractivity contribution in [3.63, 3.8) is 0 Å². The van der Waals surface area contributed by atoms with Crippen LogP contribution in [0.2, 0.25) is 0 Å². The van der Waals surface area contributed by atoms with E-state index in [1.54, 1.807) is 16.6 Å². The highest BCUT2D eigenvalue weighted by atomic mass is 19.1. The van der Waals surface area contributed by atoms with Gasteiger partial charge in [0.15, 0.2) is 5.65 Å². The van der Waals surface area contributed by atoms with Crippen molar-refractivity contribution in [2.45, 2.75) is 70.9 Å². The number of hydrogen-bond acceptors (Lipinski definition) is 6. The third kappa shape index (κ3) is 7.19. The molecule has 0 amide bonds. The highest BCUT2D eigenvalue weighted by Gasteiger charge is 2.16. The molecule has 8 heteroatoms. The lowest BCUT2D eigenvalue weighted by Crippen LogP contribution is -2.24. The summed E-state index contributed by atoms with van der Waals surface area (Å²) in [6, 6.07) is 21.0. The van der Waals surface area contributed by atoms with E-state index >= 15 is 0 Å². The summed E-state index contributed by atoms with van der Waals surface area (Å²) in [5.74, 6) is 1.37. The Hall–Kier alpha value is -4.04. The van der Waals surface area contributed by atoms with Crippen LogP contribution in [0, 0.1) is 5.82 Å². The van der Waals surface area contributed by atoms with Crippen LogP contribution in [-0.4, -0.2) is 37.3 Å². The molecule has 5 aromatic rings. The van der Waals surface area contributed by atoms with E-state index in [1.807, 2.05) is 30.5 Å². The smallest absolute Gasteiger partial charge is 0.163 e. The predicted molar refractivity (Wildman–Crippen MR) is 164 cm³/mol. The molecule has 0 aliphatic heterocycles. The third-order valence-corrected chi connectivity index (χ3v) is 7.50. The van der Waals surface area contributed by atoms with Crippen molar-refractivity contribution in [3.05, 3.63) is 95.6 Å². The molecule has 0 radical (unpaired) electrons. The number of aliphatic hydroxyl groups is 1. The number of rotatable bonds is 14. The number of aliphatic hydroxyl groups excluding tert-OH is 1. The average molecular weight is 555 g/mol. The molecule has 0 saturated heterocycles. The number of pyridine rings is 1. The Morgan fingerprint density at radius 1 is 0.927 bits per heavy atom. The standard InChI is InChI=1S/C33H39FN6O/c1-23(2)28-21-36-40-32(35-20-25-12-7-9-15-29(25)34)19-31(39-33(28)40)38-27(22-41)14-6-4-3-5-13-26-18-17-24-11-8-10-16-30(24)37-26/h7-12,15-19,21,23,27,35,41H,3-6,13-14,20,22H2,1-2H3,(H,38,39)/t27-/m1/s1. The number of benzene rings is 2. The van der Waals surface area contributed by atoms with Crippen LogP contribution in [0.3, 0.4) is 0 Å². The van der Waals surface area contributed by atoms with Gasteiger partial charge in [0.05, 0.1) is 24.4 Å². The van der Waals surface area contributed by atoms with Crippen molar-refractivity contribution in [2.75, 3.05) is 17.2 Å². The molecule has 3 aromatic heterocycles. The molecule has 0 saturated carbocycles. The third-order valence-electron chi connectivity index (χ3n) is 7.50. The van der Waals surface area contributed by atoms with Crippen molar-refractivity contribution in [2.24, 2.45) is 0 Å². The molecular weight excluding hydrogens is 515 g/mol. The number of anilines is 2. The highest BCUT2D eigenvalue weighted by molar-refractivity contribution is 5.78. The second-order valence-electron chi connectivity index (χ2n) is 10.9.